The van der Waals surface area contributed by atoms with E-state index in [2.05, 4.69) is 26.2 Å². The van der Waals surface area contributed by atoms with E-state index in [1.807, 2.05) is 0 Å². The number of hydrogen-bond acceptors (Lipinski definition) is 4. The number of anilines is 1. The molecular weight excluding hydrogens is 262 g/mol. The number of methoxy groups -OCH3 is 1. The number of nitrogens with one attached hydrogen (secondary N) is 1. The van der Waals surface area contributed by atoms with Crippen molar-refractivity contribution >= 4 is 27.5 Å². The average Bonchev–Trinajstić information content (AvgIpc) is 2.23. The molecule has 3 N–H and O–H groups in total. The normalized spacial score (nSPS) is 12.2. The van der Waals surface area contributed by atoms with E-state index in [1.54, 1.807) is 18.3 Å². The number of nitrogens with zero attached hydrogens (tertiary/aromatic N) is 1. The molecule has 6 heteroatoms. The third-order valence-electron chi connectivity index (χ3n) is 1.79. The molecule has 0 aliphatic heterocycles. The standard InChI is InChI=1S/C9H12BrN3O2/c1-15-7(4-11)9(14)13-6-2-3-8(10)12-5-6/h2-3,5,7H,4,11H2,1H3,(H,13,14). The number of hydrogen-bond donors (Lipinski definition) is 2. The van der Waals surface area contributed by atoms with Gasteiger partial charge in [-0.3, -0.25) is 4.79 Å². The summed E-state index contributed by atoms with van der Waals surface area (Å²) in [5.41, 5.74) is 5.96. The van der Waals surface area contributed by atoms with E-state index in [0.717, 1.165) is 0 Å². The van der Waals surface area contributed by atoms with E-state index in [0.29, 0.717) is 10.3 Å². The minimum atomic E-state index is -0.631. The number of amides is 1. The van der Waals surface area contributed by atoms with Gasteiger partial charge in [-0.2, -0.15) is 0 Å². The predicted octanol–water partition coefficient (Wildman–Crippen LogP) is 0.756. The quantitative estimate of drug-likeness (QED) is 0.794. The highest BCUT2D eigenvalue weighted by molar-refractivity contribution is 9.10. The Balaban J connectivity index is 2.61. The summed E-state index contributed by atoms with van der Waals surface area (Å²) in [7, 11) is 1.44. The molecule has 0 fully saturated rings. The van der Waals surface area contributed by atoms with Crippen LogP contribution in [0, 0.1) is 0 Å². The summed E-state index contributed by atoms with van der Waals surface area (Å²) in [5.74, 6) is -0.274. The molecule has 1 heterocycles. The van der Waals surface area contributed by atoms with Gasteiger partial charge in [0, 0.05) is 13.7 Å². The number of nitrogens with two attached hydrogens (primary N) is 1. The molecule has 1 atom stereocenters. The van der Waals surface area contributed by atoms with Gasteiger partial charge in [0.25, 0.3) is 5.91 Å². The van der Waals surface area contributed by atoms with Crippen molar-refractivity contribution in [3.63, 3.8) is 0 Å². The number of halogens is 1. The molecule has 0 bridgehead atoms. The maximum Gasteiger partial charge on any atom is 0.254 e. The van der Waals surface area contributed by atoms with E-state index < -0.39 is 6.10 Å². The fraction of sp³-hybridized carbons (Fsp3) is 0.333. The van der Waals surface area contributed by atoms with Crippen LogP contribution in [0.25, 0.3) is 0 Å². The van der Waals surface area contributed by atoms with Crippen molar-refractivity contribution in [2.45, 2.75) is 6.10 Å². The maximum atomic E-state index is 11.5. The van der Waals surface area contributed by atoms with E-state index in [1.165, 1.54) is 7.11 Å². The molecule has 0 spiro atoms. The Morgan fingerprint density at radius 3 is 2.93 bits per heavy atom. The van der Waals surface area contributed by atoms with E-state index in [4.69, 9.17) is 10.5 Å². The molecule has 82 valence electrons. The highest BCUT2D eigenvalue weighted by atomic mass is 79.9. The van der Waals surface area contributed by atoms with Crippen LogP contribution in [0.2, 0.25) is 0 Å². The first-order valence-electron chi connectivity index (χ1n) is 4.32. The van der Waals surface area contributed by atoms with Crippen molar-refractivity contribution in [2.24, 2.45) is 5.73 Å². The summed E-state index contributed by atoms with van der Waals surface area (Å²) in [5, 5.41) is 2.64. The summed E-state index contributed by atoms with van der Waals surface area (Å²) in [6.07, 6.45) is 0.916. The lowest BCUT2D eigenvalue weighted by Gasteiger charge is -2.12. The summed E-state index contributed by atoms with van der Waals surface area (Å²) < 4.78 is 5.60. The zero-order valence-electron chi connectivity index (χ0n) is 8.24. The van der Waals surface area contributed by atoms with Crippen LogP contribution in [0.15, 0.2) is 22.9 Å². The van der Waals surface area contributed by atoms with Crippen LogP contribution in [0.4, 0.5) is 5.69 Å². The van der Waals surface area contributed by atoms with Gasteiger partial charge in [-0.1, -0.05) is 0 Å². The topological polar surface area (TPSA) is 77.2 Å². The Morgan fingerprint density at radius 1 is 1.73 bits per heavy atom. The fourth-order valence-corrected chi connectivity index (χ4v) is 1.22. The lowest BCUT2D eigenvalue weighted by atomic mass is 10.3. The van der Waals surface area contributed by atoms with Crippen molar-refractivity contribution in [3.05, 3.63) is 22.9 Å². The van der Waals surface area contributed by atoms with E-state index >= 15 is 0 Å². The molecule has 5 nitrogen and oxygen atoms in total. The second-order valence-corrected chi connectivity index (χ2v) is 3.63. The van der Waals surface area contributed by atoms with Crippen LogP contribution in [0.3, 0.4) is 0 Å². The molecule has 1 aromatic heterocycles. The molecule has 0 aliphatic carbocycles. The first kappa shape index (κ1) is 12.1. The highest BCUT2D eigenvalue weighted by Gasteiger charge is 2.15. The summed E-state index contributed by atoms with van der Waals surface area (Å²) in [6.45, 7) is 0.145. The number of ether oxygens (including phenoxy) is 1. The van der Waals surface area contributed by atoms with Gasteiger partial charge in [0.2, 0.25) is 0 Å². The fourth-order valence-electron chi connectivity index (χ4n) is 0.983. The first-order valence-corrected chi connectivity index (χ1v) is 5.12. The van der Waals surface area contributed by atoms with Crippen LogP contribution in [-0.2, 0) is 9.53 Å². The third-order valence-corrected chi connectivity index (χ3v) is 2.26. The number of carbonyl (C=O) groups is 1. The summed E-state index contributed by atoms with van der Waals surface area (Å²) >= 11 is 3.20. The lowest BCUT2D eigenvalue weighted by Crippen LogP contribution is -2.35. The SMILES string of the molecule is COC(CN)C(=O)Nc1ccc(Br)nc1. The van der Waals surface area contributed by atoms with E-state index in [-0.39, 0.29) is 12.5 Å². The van der Waals surface area contributed by atoms with Crippen molar-refractivity contribution < 1.29 is 9.53 Å². The Kier molecular flexibility index (Phi) is 4.67. The Labute approximate surface area is 96.1 Å². The van der Waals surface area contributed by atoms with Gasteiger partial charge in [0.15, 0.2) is 0 Å². The summed E-state index contributed by atoms with van der Waals surface area (Å²) in [4.78, 5) is 15.5. The molecule has 0 saturated heterocycles. The van der Waals surface area contributed by atoms with Gasteiger partial charge in [0.1, 0.15) is 10.7 Å². The summed E-state index contributed by atoms with van der Waals surface area (Å²) in [6, 6.07) is 3.47. The van der Waals surface area contributed by atoms with Crippen molar-refractivity contribution in [1.82, 2.24) is 4.98 Å². The van der Waals surface area contributed by atoms with Crippen molar-refractivity contribution in [2.75, 3.05) is 19.0 Å². The van der Waals surface area contributed by atoms with Crippen LogP contribution >= 0.6 is 15.9 Å². The zero-order valence-corrected chi connectivity index (χ0v) is 9.82. The van der Waals surface area contributed by atoms with E-state index in [9.17, 15) is 4.79 Å². The first-order chi connectivity index (χ1) is 7.17. The van der Waals surface area contributed by atoms with Gasteiger partial charge in [-0.15, -0.1) is 0 Å². The third kappa shape index (κ3) is 3.58. The van der Waals surface area contributed by atoms with Crippen molar-refractivity contribution in [3.8, 4) is 0 Å². The Bertz CT molecular complexity index is 325. The van der Waals surface area contributed by atoms with Crippen LogP contribution < -0.4 is 11.1 Å². The molecule has 0 aliphatic rings. The zero-order chi connectivity index (χ0) is 11.3. The van der Waals surface area contributed by atoms with Gasteiger partial charge in [0.05, 0.1) is 11.9 Å². The molecule has 1 unspecified atom stereocenters. The average molecular weight is 274 g/mol. The van der Waals surface area contributed by atoms with Gasteiger partial charge in [-0.25, -0.2) is 4.98 Å². The van der Waals surface area contributed by atoms with Gasteiger partial charge < -0.3 is 15.8 Å². The maximum absolute atomic E-state index is 11.5. The van der Waals surface area contributed by atoms with Crippen molar-refractivity contribution in [1.29, 1.82) is 0 Å². The molecule has 1 rings (SSSR count). The molecule has 0 aromatic carbocycles. The van der Waals surface area contributed by atoms with Gasteiger partial charge in [-0.05, 0) is 28.1 Å². The minimum absolute atomic E-state index is 0.145. The smallest absolute Gasteiger partial charge is 0.254 e. The highest BCUT2D eigenvalue weighted by Crippen LogP contribution is 2.10. The molecule has 1 amide bonds. The minimum Gasteiger partial charge on any atom is -0.370 e. The number of pyridine rings is 1. The van der Waals surface area contributed by atoms with Gasteiger partial charge >= 0.3 is 0 Å². The molecular formula is C9H12BrN3O2. The second-order valence-electron chi connectivity index (χ2n) is 2.82. The Morgan fingerprint density at radius 2 is 2.47 bits per heavy atom. The predicted molar refractivity (Wildman–Crippen MR) is 60.4 cm³/mol. The molecule has 0 radical (unpaired) electrons. The van der Waals surface area contributed by atoms with Crippen LogP contribution in [0.5, 0.6) is 0 Å². The second kappa shape index (κ2) is 5.79. The number of carbonyl (C=O) groups excluding carboxylic acids is 1. The molecule has 1 aromatic rings. The monoisotopic (exact) mass is 273 g/mol. The largest absolute Gasteiger partial charge is 0.370 e. The van der Waals surface area contributed by atoms with Crippen LogP contribution in [-0.4, -0.2) is 30.6 Å². The van der Waals surface area contributed by atoms with Crippen LogP contribution in [0.1, 0.15) is 0 Å². The number of rotatable bonds is 4. The molecule has 15 heavy (non-hydrogen) atoms. The lowest BCUT2D eigenvalue weighted by molar-refractivity contribution is -0.125. The Hall–Kier alpha value is -0.980. The molecule has 0 saturated carbocycles. The number of aromatic nitrogens is 1.